The van der Waals surface area contributed by atoms with Crippen molar-refractivity contribution in [3.8, 4) is 56.2 Å². The van der Waals surface area contributed by atoms with Crippen LogP contribution in [0.3, 0.4) is 0 Å². The Morgan fingerprint density at radius 1 is 0.431 bits per heavy atom. The van der Waals surface area contributed by atoms with E-state index in [4.69, 9.17) is 9.97 Å². The zero-order chi connectivity index (χ0) is 33.9. The van der Waals surface area contributed by atoms with Crippen molar-refractivity contribution in [2.24, 2.45) is 0 Å². The van der Waals surface area contributed by atoms with Gasteiger partial charge in [-0.2, -0.15) is 0 Å². The Labute approximate surface area is 301 Å². The van der Waals surface area contributed by atoms with E-state index in [1.165, 1.54) is 53.6 Å². The summed E-state index contributed by atoms with van der Waals surface area (Å²) in [5.41, 5.74) is 13.5. The highest BCUT2D eigenvalue weighted by molar-refractivity contribution is 7.25. The van der Waals surface area contributed by atoms with Crippen molar-refractivity contribution in [2.45, 2.75) is 12.3 Å². The molecule has 1 aliphatic rings. The van der Waals surface area contributed by atoms with E-state index in [1.807, 2.05) is 17.4 Å². The van der Waals surface area contributed by atoms with Crippen LogP contribution < -0.4 is 0 Å². The third-order valence-corrected chi connectivity index (χ3v) is 11.8. The van der Waals surface area contributed by atoms with Gasteiger partial charge in [-0.15, -0.1) is 11.3 Å². The van der Waals surface area contributed by atoms with Gasteiger partial charge in [0.1, 0.15) is 0 Å². The van der Waals surface area contributed by atoms with Crippen molar-refractivity contribution < 1.29 is 0 Å². The van der Waals surface area contributed by atoms with Crippen molar-refractivity contribution in [3.63, 3.8) is 0 Å². The molecule has 0 saturated heterocycles. The van der Waals surface area contributed by atoms with Gasteiger partial charge in [-0.05, 0) is 70.1 Å². The maximum Gasteiger partial charge on any atom is 0.160 e. The van der Waals surface area contributed by atoms with Gasteiger partial charge in [-0.1, -0.05) is 152 Å². The summed E-state index contributed by atoms with van der Waals surface area (Å²) in [7, 11) is 0. The van der Waals surface area contributed by atoms with Crippen LogP contribution in [-0.4, -0.2) is 9.97 Å². The van der Waals surface area contributed by atoms with E-state index in [2.05, 4.69) is 177 Å². The molecule has 9 aromatic rings. The Morgan fingerprint density at radius 3 is 1.90 bits per heavy atom. The van der Waals surface area contributed by atoms with E-state index in [0.717, 1.165) is 33.6 Å². The molecule has 0 bridgehead atoms. The lowest BCUT2D eigenvalue weighted by molar-refractivity contribution is 0.714. The molecule has 2 aromatic heterocycles. The third kappa shape index (κ3) is 4.70. The fourth-order valence-corrected chi connectivity index (χ4v) is 9.26. The van der Waals surface area contributed by atoms with Crippen LogP contribution in [0.5, 0.6) is 0 Å². The molecule has 1 atom stereocenters. The quantitative estimate of drug-likeness (QED) is 0.182. The molecule has 0 fully saturated rings. The molecule has 0 aliphatic heterocycles. The summed E-state index contributed by atoms with van der Waals surface area (Å²) in [5.74, 6) is 0.715. The van der Waals surface area contributed by atoms with Crippen LogP contribution in [0.4, 0.5) is 0 Å². The summed E-state index contributed by atoms with van der Waals surface area (Å²) >= 11 is 1.85. The summed E-state index contributed by atoms with van der Waals surface area (Å²) in [6.45, 7) is 2.36. The molecule has 10 rings (SSSR count). The highest BCUT2D eigenvalue weighted by Crippen LogP contribution is 2.53. The van der Waals surface area contributed by atoms with E-state index >= 15 is 0 Å². The summed E-state index contributed by atoms with van der Waals surface area (Å²) in [4.78, 5) is 10.6. The van der Waals surface area contributed by atoms with Gasteiger partial charge in [0.05, 0.1) is 11.4 Å². The summed E-state index contributed by atoms with van der Waals surface area (Å²) in [5, 5.41) is 2.58. The number of thiophene rings is 1. The van der Waals surface area contributed by atoms with Crippen LogP contribution in [0.25, 0.3) is 76.3 Å². The Kier molecular flexibility index (Phi) is 6.83. The molecule has 0 radical (unpaired) electrons. The second-order valence-electron chi connectivity index (χ2n) is 13.4. The Bertz CT molecular complexity index is 2760. The number of hydrogen-bond donors (Lipinski definition) is 0. The van der Waals surface area contributed by atoms with Gasteiger partial charge in [-0.25, -0.2) is 9.97 Å². The minimum absolute atomic E-state index is 0.296. The van der Waals surface area contributed by atoms with Crippen molar-refractivity contribution in [1.82, 2.24) is 9.97 Å². The minimum Gasteiger partial charge on any atom is -0.228 e. The van der Waals surface area contributed by atoms with Crippen LogP contribution in [0, 0.1) is 0 Å². The summed E-state index contributed by atoms with van der Waals surface area (Å²) in [6, 6.07) is 63.2. The number of hydrogen-bond acceptors (Lipinski definition) is 3. The van der Waals surface area contributed by atoms with Crippen LogP contribution in [0.2, 0.25) is 0 Å². The number of aromatic nitrogens is 2. The van der Waals surface area contributed by atoms with E-state index in [0.29, 0.717) is 5.82 Å². The predicted octanol–water partition coefficient (Wildman–Crippen LogP) is 12.8. The second-order valence-corrected chi connectivity index (χ2v) is 14.5. The van der Waals surface area contributed by atoms with Crippen LogP contribution in [0.1, 0.15) is 23.6 Å². The van der Waals surface area contributed by atoms with Crippen LogP contribution in [0.15, 0.2) is 176 Å². The van der Waals surface area contributed by atoms with Crippen LogP contribution >= 0.6 is 11.3 Å². The minimum atomic E-state index is -0.296. The van der Waals surface area contributed by atoms with Gasteiger partial charge in [0.2, 0.25) is 0 Å². The van der Waals surface area contributed by atoms with Crippen molar-refractivity contribution in [3.05, 3.63) is 193 Å². The molecule has 2 nitrogen and oxygen atoms in total. The molecular weight excluding hydrogens is 637 g/mol. The molecule has 2 heterocycles. The smallest absolute Gasteiger partial charge is 0.160 e. The molecule has 51 heavy (non-hydrogen) atoms. The zero-order valence-corrected chi connectivity index (χ0v) is 28.9. The van der Waals surface area contributed by atoms with Crippen molar-refractivity contribution in [2.75, 3.05) is 0 Å². The summed E-state index contributed by atoms with van der Waals surface area (Å²) in [6.07, 6.45) is 0. The average Bonchev–Trinajstić information content (AvgIpc) is 3.72. The molecule has 7 aromatic carbocycles. The third-order valence-electron chi connectivity index (χ3n) is 10.6. The lowest BCUT2D eigenvalue weighted by atomic mass is 9.74. The Balaban J connectivity index is 1.19. The first-order valence-electron chi connectivity index (χ1n) is 17.4. The van der Waals surface area contributed by atoms with Gasteiger partial charge in [-0.3, -0.25) is 0 Å². The zero-order valence-electron chi connectivity index (χ0n) is 28.0. The lowest BCUT2D eigenvalue weighted by Crippen LogP contribution is -2.22. The van der Waals surface area contributed by atoms with Crippen molar-refractivity contribution in [1.29, 1.82) is 0 Å². The molecule has 0 N–H and O–H groups in total. The number of rotatable bonds is 5. The highest BCUT2D eigenvalue weighted by atomic mass is 32.1. The number of nitrogens with zero attached hydrogens (tertiary/aromatic N) is 2. The van der Waals surface area contributed by atoms with E-state index in [1.54, 1.807) is 0 Å². The monoisotopic (exact) mass is 668 g/mol. The molecular formula is C48H32N2S. The molecule has 0 saturated carbocycles. The first-order valence-corrected chi connectivity index (χ1v) is 18.2. The first kappa shape index (κ1) is 29.7. The maximum atomic E-state index is 5.29. The fraction of sp³-hybridized carbons (Fsp3) is 0.0417. The Morgan fingerprint density at radius 2 is 1.06 bits per heavy atom. The SMILES string of the molecule is CC1(c2ccccc2)c2ccccc2-c2ccc(-c3cc(-c4ccccc4-c4cccc5sc6ccccc6c45)nc(-c4ccccc4)n3)cc21. The maximum absolute atomic E-state index is 5.29. The van der Waals surface area contributed by atoms with E-state index < -0.39 is 0 Å². The lowest BCUT2D eigenvalue weighted by Gasteiger charge is -2.28. The van der Waals surface area contributed by atoms with Gasteiger partial charge in [0.15, 0.2) is 5.82 Å². The number of fused-ring (bicyclic) bond motifs is 6. The topological polar surface area (TPSA) is 25.8 Å². The standard InChI is InChI=1S/C48H32N2S/c1-48(33-17-6-3-7-18-33)40-24-12-10-20-35(40)36-28-27-32(29-41(36)48)42-30-43(50-47(49-42)31-15-4-2-5-16-31)37-21-9-8-19-34(37)38-23-14-26-45-46(38)39-22-11-13-25-44(39)51-45/h2-30H,1H3. The highest BCUT2D eigenvalue weighted by Gasteiger charge is 2.40. The Hall–Kier alpha value is -6.16. The molecule has 0 amide bonds. The summed E-state index contributed by atoms with van der Waals surface area (Å²) < 4.78 is 2.59. The molecule has 0 spiro atoms. The average molecular weight is 669 g/mol. The molecule has 1 unspecified atom stereocenters. The normalized spacial score (nSPS) is 14.8. The van der Waals surface area contributed by atoms with Gasteiger partial charge >= 0.3 is 0 Å². The molecule has 240 valence electrons. The van der Waals surface area contributed by atoms with E-state index in [-0.39, 0.29) is 5.41 Å². The number of benzene rings is 7. The fourth-order valence-electron chi connectivity index (χ4n) is 8.12. The van der Waals surface area contributed by atoms with Crippen LogP contribution in [-0.2, 0) is 5.41 Å². The predicted molar refractivity (Wildman–Crippen MR) is 214 cm³/mol. The van der Waals surface area contributed by atoms with E-state index in [9.17, 15) is 0 Å². The van der Waals surface area contributed by atoms with Crippen molar-refractivity contribution >= 4 is 31.5 Å². The van der Waals surface area contributed by atoms with Gasteiger partial charge < -0.3 is 0 Å². The first-order chi connectivity index (χ1) is 25.2. The molecule has 1 aliphatic carbocycles. The largest absolute Gasteiger partial charge is 0.228 e. The van der Waals surface area contributed by atoms with Gasteiger partial charge in [0.25, 0.3) is 0 Å². The second kappa shape index (κ2) is 11.7. The van der Waals surface area contributed by atoms with Gasteiger partial charge in [0, 0.05) is 42.3 Å². The molecule has 3 heteroatoms.